The molecule has 0 bridgehead atoms. The molecule has 0 aliphatic carbocycles. The van der Waals surface area contributed by atoms with E-state index in [1.807, 2.05) is 4.90 Å². The lowest BCUT2D eigenvalue weighted by molar-refractivity contribution is 0.0771. The Morgan fingerprint density at radius 2 is 1.54 bits per heavy atom. The number of benzene rings is 1. The third kappa shape index (κ3) is 4.53. The number of carbonyl (C=O) groups is 2. The predicted octanol–water partition coefficient (Wildman–Crippen LogP) is 3.72. The zero-order chi connectivity index (χ0) is 18.7. The summed E-state index contributed by atoms with van der Waals surface area (Å²) >= 11 is 0. The fraction of sp³-hybridized carbons (Fsp3) is 0.636. The van der Waals surface area contributed by atoms with E-state index < -0.39 is 0 Å². The Kier molecular flexibility index (Phi) is 6.13. The van der Waals surface area contributed by atoms with Crippen molar-refractivity contribution < 1.29 is 9.59 Å². The van der Waals surface area contributed by atoms with Crippen molar-refractivity contribution in [1.29, 1.82) is 0 Å². The van der Waals surface area contributed by atoms with Gasteiger partial charge in [0.2, 0.25) is 0 Å². The lowest BCUT2D eigenvalue weighted by atomic mass is 9.83. The van der Waals surface area contributed by atoms with E-state index in [0.717, 1.165) is 31.3 Å². The topological polar surface area (TPSA) is 40.6 Å². The highest BCUT2D eigenvalue weighted by Gasteiger charge is 2.34. The van der Waals surface area contributed by atoms with Crippen molar-refractivity contribution in [3.63, 3.8) is 0 Å². The van der Waals surface area contributed by atoms with Crippen molar-refractivity contribution in [2.24, 2.45) is 17.8 Å². The summed E-state index contributed by atoms with van der Waals surface area (Å²) in [6.45, 7) is 11.5. The minimum Gasteiger partial charge on any atom is -0.338 e. The molecule has 26 heavy (non-hydrogen) atoms. The molecule has 4 heteroatoms. The highest BCUT2D eigenvalue weighted by atomic mass is 16.2. The van der Waals surface area contributed by atoms with Crippen molar-refractivity contribution in [2.45, 2.75) is 40.0 Å². The largest absolute Gasteiger partial charge is 0.338 e. The van der Waals surface area contributed by atoms with Crippen molar-refractivity contribution >= 4 is 11.7 Å². The Morgan fingerprint density at radius 3 is 2.12 bits per heavy atom. The molecule has 2 heterocycles. The van der Waals surface area contributed by atoms with Crippen LogP contribution in [0.5, 0.6) is 0 Å². The van der Waals surface area contributed by atoms with Crippen LogP contribution in [0, 0.1) is 17.8 Å². The van der Waals surface area contributed by atoms with E-state index in [4.69, 9.17) is 0 Å². The Balaban J connectivity index is 1.52. The first-order chi connectivity index (χ1) is 12.4. The van der Waals surface area contributed by atoms with Gasteiger partial charge in [-0.3, -0.25) is 9.59 Å². The van der Waals surface area contributed by atoms with Crippen LogP contribution in [0.15, 0.2) is 24.3 Å². The SMILES string of the molecule is CC(=O)c1ccc(C(=O)N2CC[C@H](C3CCN(CC(C)C)CC3)C2)cc1. The summed E-state index contributed by atoms with van der Waals surface area (Å²) in [5, 5.41) is 0. The number of amides is 1. The molecule has 1 aromatic rings. The van der Waals surface area contributed by atoms with Crippen LogP contribution in [0.3, 0.4) is 0 Å². The van der Waals surface area contributed by atoms with Crippen molar-refractivity contribution in [3.8, 4) is 0 Å². The molecule has 2 saturated heterocycles. The Hall–Kier alpha value is -1.68. The van der Waals surface area contributed by atoms with Gasteiger partial charge in [-0.1, -0.05) is 26.0 Å². The van der Waals surface area contributed by atoms with Crippen molar-refractivity contribution in [3.05, 3.63) is 35.4 Å². The maximum Gasteiger partial charge on any atom is 0.253 e. The fourth-order valence-electron chi connectivity index (χ4n) is 4.51. The first-order valence-electron chi connectivity index (χ1n) is 10.1. The highest BCUT2D eigenvalue weighted by molar-refractivity contribution is 5.97. The molecule has 0 unspecified atom stereocenters. The van der Waals surface area contributed by atoms with Gasteiger partial charge >= 0.3 is 0 Å². The van der Waals surface area contributed by atoms with Gasteiger partial charge in [0, 0.05) is 30.8 Å². The second-order valence-corrected chi connectivity index (χ2v) is 8.47. The molecular formula is C22H32N2O2. The second kappa shape index (κ2) is 8.34. The molecule has 142 valence electrons. The molecule has 4 nitrogen and oxygen atoms in total. The van der Waals surface area contributed by atoms with Gasteiger partial charge in [0.05, 0.1) is 0 Å². The standard InChI is InChI=1S/C22H32N2O2/c1-16(2)14-23-11-8-19(9-12-23)21-10-13-24(15-21)22(26)20-6-4-18(5-7-20)17(3)25/h4-7,16,19,21H,8-15H2,1-3H3/t21-/m0/s1. The molecule has 1 amide bonds. The third-order valence-electron chi connectivity index (χ3n) is 5.97. The normalized spacial score (nSPS) is 22.2. The molecule has 0 radical (unpaired) electrons. The van der Waals surface area contributed by atoms with Crippen LogP contribution in [0.2, 0.25) is 0 Å². The molecule has 2 aliphatic rings. The van der Waals surface area contributed by atoms with Crippen LogP contribution < -0.4 is 0 Å². The van der Waals surface area contributed by atoms with Gasteiger partial charge < -0.3 is 9.80 Å². The fourth-order valence-corrected chi connectivity index (χ4v) is 4.51. The number of nitrogens with zero attached hydrogens (tertiary/aromatic N) is 2. The molecule has 3 rings (SSSR count). The van der Waals surface area contributed by atoms with Gasteiger partial charge in [-0.25, -0.2) is 0 Å². The molecule has 1 atom stereocenters. The zero-order valence-corrected chi connectivity index (χ0v) is 16.4. The van der Waals surface area contributed by atoms with E-state index in [1.165, 1.54) is 32.5 Å². The number of hydrogen-bond acceptors (Lipinski definition) is 3. The summed E-state index contributed by atoms with van der Waals surface area (Å²) in [5.74, 6) is 2.29. The second-order valence-electron chi connectivity index (χ2n) is 8.47. The van der Waals surface area contributed by atoms with Gasteiger partial charge in [-0.2, -0.15) is 0 Å². The van der Waals surface area contributed by atoms with Crippen molar-refractivity contribution in [2.75, 3.05) is 32.7 Å². The molecular weight excluding hydrogens is 324 g/mol. The summed E-state index contributed by atoms with van der Waals surface area (Å²) in [7, 11) is 0. The first kappa shape index (κ1) is 19.1. The van der Waals surface area contributed by atoms with Crippen molar-refractivity contribution in [1.82, 2.24) is 9.80 Å². The monoisotopic (exact) mass is 356 g/mol. The van der Waals surface area contributed by atoms with E-state index in [-0.39, 0.29) is 11.7 Å². The molecule has 0 aromatic heterocycles. The predicted molar refractivity (Wildman–Crippen MR) is 104 cm³/mol. The van der Waals surface area contributed by atoms with Crippen LogP contribution in [-0.2, 0) is 0 Å². The van der Waals surface area contributed by atoms with Crippen LogP contribution in [0.4, 0.5) is 0 Å². The zero-order valence-electron chi connectivity index (χ0n) is 16.4. The average Bonchev–Trinajstić information content (AvgIpc) is 3.11. The molecule has 0 N–H and O–H groups in total. The van der Waals surface area contributed by atoms with Crippen LogP contribution in [0.25, 0.3) is 0 Å². The third-order valence-corrected chi connectivity index (χ3v) is 5.97. The maximum atomic E-state index is 12.8. The van der Waals surface area contributed by atoms with Crippen LogP contribution >= 0.6 is 0 Å². The smallest absolute Gasteiger partial charge is 0.253 e. The van der Waals surface area contributed by atoms with E-state index in [9.17, 15) is 9.59 Å². The number of rotatable bonds is 5. The lowest BCUT2D eigenvalue weighted by Gasteiger charge is -2.35. The van der Waals surface area contributed by atoms with Crippen LogP contribution in [0.1, 0.15) is 60.7 Å². The number of carbonyl (C=O) groups excluding carboxylic acids is 2. The van der Waals surface area contributed by atoms with E-state index in [2.05, 4.69) is 18.7 Å². The first-order valence-corrected chi connectivity index (χ1v) is 10.1. The van der Waals surface area contributed by atoms with E-state index >= 15 is 0 Å². The van der Waals surface area contributed by atoms with Gasteiger partial charge in [0.15, 0.2) is 5.78 Å². The number of hydrogen-bond donors (Lipinski definition) is 0. The molecule has 0 saturated carbocycles. The number of Topliss-reactive ketones (excluding diaryl/α,β-unsaturated/α-hetero) is 1. The summed E-state index contributed by atoms with van der Waals surface area (Å²) in [5.41, 5.74) is 1.36. The molecule has 2 fully saturated rings. The van der Waals surface area contributed by atoms with Gasteiger partial charge in [0.1, 0.15) is 0 Å². The summed E-state index contributed by atoms with van der Waals surface area (Å²) in [6, 6.07) is 7.09. The van der Waals surface area contributed by atoms with Gasteiger partial charge in [-0.05, 0) is 69.2 Å². The average molecular weight is 357 g/mol. The molecule has 0 spiro atoms. The highest BCUT2D eigenvalue weighted by Crippen LogP contribution is 2.32. The Labute approximate surface area is 157 Å². The minimum atomic E-state index is 0.0362. The van der Waals surface area contributed by atoms with Crippen LogP contribution in [-0.4, -0.2) is 54.2 Å². The summed E-state index contributed by atoms with van der Waals surface area (Å²) in [4.78, 5) is 28.7. The summed E-state index contributed by atoms with van der Waals surface area (Å²) < 4.78 is 0. The lowest BCUT2D eigenvalue weighted by Crippen LogP contribution is -2.39. The van der Waals surface area contributed by atoms with E-state index in [1.54, 1.807) is 31.2 Å². The Bertz CT molecular complexity index is 630. The Morgan fingerprint density at radius 1 is 0.962 bits per heavy atom. The quantitative estimate of drug-likeness (QED) is 0.755. The van der Waals surface area contributed by atoms with Gasteiger partial charge in [0.25, 0.3) is 5.91 Å². The minimum absolute atomic E-state index is 0.0362. The van der Waals surface area contributed by atoms with Gasteiger partial charge in [-0.15, -0.1) is 0 Å². The number of piperidine rings is 1. The number of ketones is 1. The number of likely N-dealkylation sites (tertiary alicyclic amines) is 2. The molecule has 2 aliphatic heterocycles. The molecule has 1 aromatic carbocycles. The summed E-state index contributed by atoms with van der Waals surface area (Å²) in [6.07, 6.45) is 3.67. The maximum absolute atomic E-state index is 12.8. The van der Waals surface area contributed by atoms with E-state index in [0.29, 0.717) is 17.0 Å².